The van der Waals surface area contributed by atoms with Gasteiger partial charge in [0.25, 0.3) is 0 Å². The van der Waals surface area contributed by atoms with E-state index in [4.69, 9.17) is 10.6 Å². The second-order valence-electron chi connectivity index (χ2n) is 3.51. The van der Waals surface area contributed by atoms with Gasteiger partial charge in [0.15, 0.2) is 0 Å². The van der Waals surface area contributed by atoms with E-state index in [9.17, 15) is 0 Å². The van der Waals surface area contributed by atoms with Crippen molar-refractivity contribution >= 4 is 0 Å². The van der Waals surface area contributed by atoms with Crippen LogP contribution in [0.3, 0.4) is 0 Å². The molecule has 4 nitrogen and oxygen atoms in total. The molecule has 1 fully saturated rings. The summed E-state index contributed by atoms with van der Waals surface area (Å²) < 4.78 is 6.98. The van der Waals surface area contributed by atoms with Crippen LogP contribution in [0.25, 0.3) is 0 Å². The maximum atomic E-state index is 5.85. The summed E-state index contributed by atoms with van der Waals surface area (Å²) in [5.41, 5.74) is 1.02. The number of aromatic nitrogens is 2. The van der Waals surface area contributed by atoms with Crippen molar-refractivity contribution in [2.24, 2.45) is 0 Å². The Morgan fingerprint density at radius 3 is 2.77 bits per heavy atom. The Kier molecular flexibility index (Phi) is 2.22. The highest BCUT2D eigenvalue weighted by atomic mass is 16.5. The molecule has 0 atom stereocenters. The zero-order valence-corrected chi connectivity index (χ0v) is 7.86. The van der Waals surface area contributed by atoms with Crippen LogP contribution < -0.4 is 5.84 Å². The highest BCUT2D eigenvalue weighted by Gasteiger charge is 2.20. The smallest absolute Gasteiger partial charge is 0.130 e. The minimum absolute atomic E-state index is 0.479. The Morgan fingerprint density at radius 2 is 2.23 bits per heavy atom. The summed E-state index contributed by atoms with van der Waals surface area (Å²) in [5.74, 6) is 7.33. The first-order valence-electron chi connectivity index (χ1n) is 4.66. The van der Waals surface area contributed by atoms with Crippen molar-refractivity contribution in [3.63, 3.8) is 0 Å². The summed E-state index contributed by atoms with van der Waals surface area (Å²) in [6.07, 6.45) is 3.89. The van der Waals surface area contributed by atoms with E-state index in [2.05, 4.69) is 4.98 Å². The third-order valence-electron chi connectivity index (χ3n) is 2.60. The average molecular weight is 181 g/mol. The molecule has 0 aromatic carbocycles. The van der Waals surface area contributed by atoms with E-state index in [1.165, 1.54) is 0 Å². The van der Waals surface area contributed by atoms with Crippen LogP contribution in [-0.2, 0) is 4.74 Å². The fourth-order valence-electron chi connectivity index (χ4n) is 1.72. The summed E-state index contributed by atoms with van der Waals surface area (Å²) >= 11 is 0. The summed E-state index contributed by atoms with van der Waals surface area (Å²) in [5, 5.41) is 0. The van der Waals surface area contributed by atoms with Gasteiger partial charge < -0.3 is 10.6 Å². The van der Waals surface area contributed by atoms with E-state index in [-0.39, 0.29) is 0 Å². The Hall–Kier alpha value is -1.03. The number of hydrogen-bond acceptors (Lipinski definition) is 3. The fraction of sp³-hybridized carbons (Fsp3) is 0.667. The number of hydrogen-bond donors (Lipinski definition) is 1. The van der Waals surface area contributed by atoms with Crippen molar-refractivity contribution < 1.29 is 4.74 Å². The summed E-state index contributed by atoms with van der Waals surface area (Å²) in [7, 11) is 0. The van der Waals surface area contributed by atoms with Crippen LogP contribution in [0.2, 0.25) is 0 Å². The lowest BCUT2D eigenvalue weighted by Gasteiger charge is -2.21. The number of imidazole rings is 1. The van der Waals surface area contributed by atoms with Crippen molar-refractivity contribution in [1.82, 2.24) is 9.66 Å². The lowest BCUT2D eigenvalue weighted by atomic mass is 10.00. The van der Waals surface area contributed by atoms with Crippen LogP contribution in [0.4, 0.5) is 0 Å². The monoisotopic (exact) mass is 181 g/mol. The van der Waals surface area contributed by atoms with Crippen LogP contribution >= 0.6 is 0 Å². The minimum Gasteiger partial charge on any atom is -0.381 e. The van der Waals surface area contributed by atoms with Crippen molar-refractivity contribution in [3.8, 4) is 0 Å². The van der Waals surface area contributed by atoms with Crippen LogP contribution in [0.1, 0.15) is 30.3 Å². The number of nitrogen functional groups attached to an aromatic ring is 1. The molecule has 2 N–H and O–H groups in total. The molecule has 0 amide bonds. The van der Waals surface area contributed by atoms with E-state index in [1.807, 2.05) is 13.1 Å². The molecule has 0 bridgehead atoms. The average Bonchev–Trinajstić information content (AvgIpc) is 2.49. The van der Waals surface area contributed by atoms with Gasteiger partial charge in [0.1, 0.15) is 5.82 Å². The molecular weight excluding hydrogens is 166 g/mol. The Labute approximate surface area is 77.7 Å². The molecule has 1 aromatic rings. The normalized spacial score (nSPS) is 19.2. The number of nitrogens with two attached hydrogens (primary N) is 1. The molecule has 0 radical (unpaired) electrons. The van der Waals surface area contributed by atoms with Gasteiger partial charge in [0.05, 0.1) is 11.9 Å². The number of ether oxygens (including phenoxy) is 1. The third-order valence-corrected chi connectivity index (χ3v) is 2.60. The van der Waals surface area contributed by atoms with Gasteiger partial charge in [0.2, 0.25) is 0 Å². The molecule has 0 unspecified atom stereocenters. The molecule has 13 heavy (non-hydrogen) atoms. The molecule has 0 aliphatic carbocycles. The molecule has 0 spiro atoms. The molecule has 1 aliphatic rings. The van der Waals surface area contributed by atoms with Crippen LogP contribution in [-0.4, -0.2) is 22.9 Å². The number of nitrogens with zero attached hydrogens (tertiary/aromatic N) is 2. The molecule has 1 aromatic heterocycles. The van der Waals surface area contributed by atoms with Gasteiger partial charge >= 0.3 is 0 Å². The summed E-state index contributed by atoms with van der Waals surface area (Å²) in [6, 6.07) is 0. The van der Waals surface area contributed by atoms with Crippen LogP contribution in [0.15, 0.2) is 6.20 Å². The van der Waals surface area contributed by atoms with Crippen LogP contribution in [0.5, 0.6) is 0 Å². The second-order valence-corrected chi connectivity index (χ2v) is 3.51. The second kappa shape index (κ2) is 3.38. The quantitative estimate of drug-likeness (QED) is 0.652. The van der Waals surface area contributed by atoms with Gasteiger partial charge in [-0.15, -0.1) is 0 Å². The van der Waals surface area contributed by atoms with Crippen molar-refractivity contribution in [1.29, 1.82) is 0 Å². The highest BCUT2D eigenvalue weighted by Crippen LogP contribution is 2.25. The lowest BCUT2D eigenvalue weighted by molar-refractivity contribution is 0.0831. The van der Waals surface area contributed by atoms with E-state index in [1.54, 1.807) is 4.68 Å². The molecular formula is C9H15N3O. The van der Waals surface area contributed by atoms with E-state index in [0.29, 0.717) is 5.92 Å². The first kappa shape index (κ1) is 8.56. The molecule has 1 aliphatic heterocycles. The number of rotatable bonds is 1. The molecule has 0 saturated carbocycles. The molecule has 2 heterocycles. The zero-order chi connectivity index (χ0) is 9.26. The molecule has 2 rings (SSSR count). The van der Waals surface area contributed by atoms with Gasteiger partial charge in [-0.05, 0) is 19.8 Å². The predicted octanol–water partition coefficient (Wildman–Crippen LogP) is 0.799. The predicted molar refractivity (Wildman–Crippen MR) is 49.9 cm³/mol. The van der Waals surface area contributed by atoms with E-state index < -0.39 is 0 Å². The van der Waals surface area contributed by atoms with Gasteiger partial charge in [-0.25, -0.2) is 4.98 Å². The number of aryl methyl sites for hydroxylation is 1. The van der Waals surface area contributed by atoms with Gasteiger partial charge in [0, 0.05) is 19.1 Å². The van der Waals surface area contributed by atoms with Crippen LogP contribution in [0, 0.1) is 6.92 Å². The topological polar surface area (TPSA) is 53.1 Å². The first-order chi connectivity index (χ1) is 6.29. The van der Waals surface area contributed by atoms with Crippen molar-refractivity contribution in [2.75, 3.05) is 19.1 Å². The lowest BCUT2D eigenvalue weighted by Crippen LogP contribution is -2.22. The Morgan fingerprint density at radius 1 is 1.54 bits per heavy atom. The first-order valence-corrected chi connectivity index (χ1v) is 4.66. The zero-order valence-electron chi connectivity index (χ0n) is 7.86. The molecule has 1 saturated heterocycles. The van der Waals surface area contributed by atoms with Gasteiger partial charge in [-0.2, -0.15) is 0 Å². The fourth-order valence-corrected chi connectivity index (χ4v) is 1.72. The maximum Gasteiger partial charge on any atom is 0.130 e. The molecule has 4 heteroatoms. The van der Waals surface area contributed by atoms with Gasteiger partial charge in [-0.1, -0.05) is 0 Å². The highest BCUT2D eigenvalue weighted by molar-refractivity contribution is 5.08. The maximum absolute atomic E-state index is 5.85. The van der Waals surface area contributed by atoms with Gasteiger partial charge in [-0.3, -0.25) is 4.68 Å². The summed E-state index contributed by atoms with van der Waals surface area (Å²) in [4.78, 5) is 4.32. The Balaban J connectivity index is 2.18. The third kappa shape index (κ3) is 1.54. The molecule has 72 valence electrons. The van der Waals surface area contributed by atoms with E-state index in [0.717, 1.165) is 37.6 Å². The van der Waals surface area contributed by atoms with Crippen molar-refractivity contribution in [3.05, 3.63) is 17.7 Å². The SMILES string of the molecule is Cc1cnc(C2CCOCC2)n1N. The standard InChI is InChI=1S/C9H15N3O/c1-7-6-11-9(12(7)10)8-2-4-13-5-3-8/h6,8H,2-5,10H2,1H3. The van der Waals surface area contributed by atoms with Crippen molar-refractivity contribution in [2.45, 2.75) is 25.7 Å². The largest absolute Gasteiger partial charge is 0.381 e. The Bertz CT molecular complexity index is 289. The minimum atomic E-state index is 0.479. The summed E-state index contributed by atoms with van der Waals surface area (Å²) in [6.45, 7) is 3.63. The van der Waals surface area contributed by atoms with E-state index >= 15 is 0 Å².